The Bertz CT molecular complexity index is 476. The number of aliphatic hydroxyl groups excluding tert-OH is 1. The highest BCUT2D eigenvalue weighted by atomic mass is 16.7. The number of rotatable bonds is 5. The molecule has 0 fully saturated rings. The maximum atomic E-state index is 11.6. The molecular formula is C11H12N2O4. The zero-order valence-electron chi connectivity index (χ0n) is 9.05. The summed E-state index contributed by atoms with van der Waals surface area (Å²) in [5.41, 5.74) is 2.83. The average molecular weight is 236 g/mol. The van der Waals surface area contributed by atoms with Crippen LogP contribution in [0.2, 0.25) is 0 Å². The van der Waals surface area contributed by atoms with Crippen LogP contribution in [0.15, 0.2) is 28.9 Å². The third-order valence-corrected chi connectivity index (χ3v) is 2.11. The summed E-state index contributed by atoms with van der Waals surface area (Å²) in [5, 5.41) is 9.28. The lowest BCUT2D eigenvalue weighted by Crippen LogP contribution is -2.24. The molecule has 0 aromatic carbocycles. The molecule has 0 unspecified atom stereocenters. The molecule has 0 aliphatic heterocycles. The van der Waals surface area contributed by atoms with Crippen LogP contribution in [0.5, 0.6) is 0 Å². The molecule has 90 valence electrons. The van der Waals surface area contributed by atoms with Crippen molar-refractivity contribution in [3.63, 3.8) is 0 Å². The van der Waals surface area contributed by atoms with Gasteiger partial charge in [-0.05, 0) is 18.6 Å². The van der Waals surface area contributed by atoms with Crippen molar-refractivity contribution in [2.45, 2.75) is 6.42 Å². The summed E-state index contributed by atoms with van der Waals surface area (Å²) in [6, 6.07) is 3.27. The van der Waals surface area contributed by atoms with E-state index in [2.05, 4.69) is 10.5 Å². The largest absolute Gasteiger partial charge is 0.451 e. The van der Waals surface area contributed by atoms with Gasteiger partial charge in [-0.3, -0.25) is 14.6 Å². The second kappa shape index (κ2) is 5.42. The van der Waals surface area contributed by atoms with Gasteiger partial charge in [0.25, 0.3) is 0 Å². The molecule has 0 aliphatic carbocycles. The van der Waals surface area contributed by atoms with Crippen LogP contribution in [0.4, 0.5) is 0 Å². The number of furan rings is 1. The van der Waals surface area contributed by atoms with Gasteiger partial charge >= 0.3 is 5.91 Å². The smallest absolute Gasteiger partial charge is 0.310 e. The highest BCUT2D eigenvalue weighted by Crippen LogP contribution is 2.17. The van der Waals surface area contributed by atoms with Gasteiger partial charge < -0.3 is 9.52 Å². The zero-order chi connectivity index (χ0) is 12.1. The fraction of sp³-hybridized carbons (Fsp3) is 0.273. The molecule has 0 bridgehead atoms. The topological polar surface area (TPSA) is 84.6 Å². The Labute approximate surface area is 97.2 Å². The van der Waals surface area contributed by atoms with E-state index in [1.165, 1.54) is 0 Å². The van der Waals surface area contributed by atoms with Gasteiger partial charge in [-0.15, -0.1) is 0 Å². The van der Waals surface area contributed by atoms with E-state index in [0.29, 0.717) is 12.0 Å². The summed E-state index contributed by atoms with van der Waals surface area (Å²) in [5.74, 6) is -0.295. The number of carbonyl (C=O) groups excluding carboxylic acids is 1. The van der Waals surface area contributed by atoms with Gasteiger partial charge in [0.1, 0.15) is 5.58 Å². The van der Waals surface area contributed by atoms with E-state index in [1.54, 1.807) is 24.5 Å². The molecule has 2 N–H and O–H groups in total. The first-order valence-corrected chi connectivity index (χ1v) is 5.18. The summed E-state index contributed by atoms with van der Waals surface area (Å²) in [7, 11) is 0. The molecule has 0 aliphatic rings. The lowest BCUT2D eigenvalue weighted by atomic mass is 10.3. The third kappa shape index (κ3) is 2.80. The van der Waals surface area contributed by atoms with E-state index in [4.69, 9.17) is 14.4 Å². The van der Waals surface area contributed by atoms with Crippen LogP contribution in [0.25, 0.3) is 11.0 Å². The van der Waals surface area contributed by atoms with Gasteiger partial charge in [0, 0.05) is 24.4 Å². The van der Waals surface area contributed by atoms with Crippen LogP contribution in [-0.2, 0) is 4.84 Å². The maximum Gasteiger partial charge on any atom is 0.310 e. The average Bonchev–Trinajstić information content (AvgIpc) is 2.78. The highest BCUT2D eigenvalue weighted by Gasteiger charge is 2.11. The molecule has 2 heterocycles. The SMILES string of the molecule is O=C(NOCCCO)c1cc2cnccc2o1. The minimum atomic E-state index is -0.459. The fourth-order valence-electron chi connectivity index (χ4n) is 1.30. The molecule has 0 atom stereocenters. The second-order valence-electron chi connectivity index (χ2n) is 3.38. The van der Waals surface area contributed by atoms with Gasteiger partial charge in [-0.1, -0.05) is 0 Å². The van der Waals surface area contributed by atoms with Crippen molar-refractivity contribution in [3.05, 3.63) is 30.3 Å². The van der Waals surface area contributed by atoms with Crippen LogP contribution in [0.1, 0.15) is 17.0 Å². The summed E-state index contributed by atoms with van der Waals surface area (Å²) in [6.45, 7) is 0.274. The Morgan fingerprint density at radius 1 is 1.59 bits per heavy atom. The van der Waals surface area contributed by atoms with Gasteiger partial charge in [0.2, 0.25) is 0 Å². The molecule has 2 rings (SSSR count). The first-order chi connectivity index (χ1) is 8.31. The van der Waals surface area contributed by atoms with Crippen LogP contribution in [0, 0.1) is 0 Å². The van der Waals surface area contributed by atoms with Crippen molar-refractivity contribution in [2.75, 3.05) is 13.2 Å². The quantitative estimate of drug-likeness (QED) is 0.594. The number of aromatic nitrogens is 1. The van der Waals surface area contributed by atoms with Crippen molar-refractivity contribution in [2.24, 2.45) is 0 Å². The van der Waals surface area contributed by atoms with Crippen molar-refractivity contribution in [1.82, 2.24) is 10.5 Å². The molecule has 0 saturated heterocycles. The lowest BCUT2D eigenvalue weighted by Gasteiger charge is -2.02. The predicted molar refractivity (Wildman–Crippen MR) is 59.1 cm³/mol. The minimum absolute atomic E-state index is 0.0200. The molecule has 6 nitrogen and oxygen atoms in total. The number of carbonyl (C=O) groups is 1. The number of pyridine rings is 1. The van der Waals surface area contributed by atoms with E-state index in [9.17, 15) is 4.79 Å². The molecule has 1 amide bonds. The van der Waals surface area contributed by atoms with E-state index in [1.807, 2.05) is 0 Å². The second-order valence-corrected chi connectivity index (χ2v) is 3.38. The Hall–Kier alpha value is -1.92. The standard InChI is InChI=1S/C11H12N2O4/c14-4-1-5-16-13-11(15)10-6-8-7-12-3-2-9(8)17-10/h2-3,6-7,14H,1,4-5H2,(H,13,15). The van der Waals surface area contributed by atoms with E-state index < -0.39 is 5.91 Å². The monoisotopic (exact) mass is 236 g/mol. The number of hydrogen-bond acceptors (Lipinski definition) is 5. The van der Waals surface area contributed by atoms with Gasteiger partial charge in [-0.2, -0.15) is 0 Å². The van der Waals surface area contributed by atoms with Crippen molar-refractivity contribution >= 4 is 16.9 Å². The number of hydroxylamine groups is 1. The van der Waals surface area contributed by atoms with Gasteiger partial charge in [-0.25, -0.2) is 5.48 Å². The number of fused-ring (bicyclic) bond motifs is 1. The van der Waals surface area contributed by atoms with E-state index in [0.717, 1.165) is 5.39 Å². The first-order valence-electron chi connectivity index (χ1n) is 5.18. The van der Waals surface area contributed by atoms with Gasteiger partial charge in [0.05, 0.1) is 6.61 Å². The van der Waals surface area contributed by atoms with Crippen LogP contribution < -0.4 is 5.48 Å². The Morgan fingerprint density at radius 2 is 2.47 bits per heavy atom. The van der Waals surface area contributed by atoms with Crippen LogP contribution >= 0.6 is 0 Å². The summed E-state index contributed by atoms with van der Waals surface area (Å²) < 4.78 is 5.31. The number of nitrogens with one attached hydrogen (secondary N) is 1. The molecule has 2 aromatic rings. The first kappa shape index (κ1) is 11.6. The molecule has 0 spiro atoms. The van der Waals surface area contributed by atoms with Crippen LogP contribution in [0.3, 0.4) is 0 Å². The summed E-state index contributed by atoms with van der Waals surface area (Å²) in [4.78, 5) is 20.3. The molecule has 0 radical (unpaired) electrons. The van der Waals surface area contributed by atoms with Crippen molar-refractivity contribution in [1.29, 1.82) is 0 Å². The summed E-state index contributed by atoms with van der Waals surface area (Å²) >= 11 is 0. The molecule has 17 heavy (non-hydrogen) atoms. The number of amides is 1. The molecular weight excluding hydrogens is 224 g/mol. The zero-order valence-corrected chi connectivity index (χ0v) is 9.05. The van der Waals surface area contributed by atoms with Gasteiger partial charge in [0.15, 0.2) is 5.76 Å². The molecule has 6 heteroatoms. The Balaban J connectivity index is 1.99. The van der Waals surface area contributed by atoms with E-state index >= 15 is 0 Å². The number of hydrogen-bond donors (Lipinski definition) is 2. The predicted octanol–water partition coefficient (Wildman–Crippen LogP) is 0.872. The lowest BCUT2D eigenvalue weighted by molar-refractivity contribution is 0.0242. The third-order valence-electron chi connectivity index (χ3n) is 2.11. The normalized spacial score (nSPS) is 10.6. The Morgan fingerprint density at radius 3 is 3.24 bits per heavy atom. The maximum absolute atomic E-state index is 11.6. The fourth-order valence-corrected chi connectivity index (χ4v) is 1.30. The Kier molecular flexibility index (Phi) is 3.69. The minimum Gasteiger partial charge on any atom is -0.451 e. The number of aliphatic hydroxyl groups is 1. The van der Waals surface area contributed by atoms with Crippen molar-refractivity contribution in [3.8, 4) is 0 Å². The summed E-state index contributed by atoms with van der Waals surface area (Å²) in [6.07, 6.45) is 3.66. The van der Waals surface area contributed by atoms with Crippen molar-refractivity contribution < 1.29 is 19.2 Å². The number of nitrogens with zero attached hydrogens (tertiary/aromatic N) is 1. The molecule has 0 saturated carbocycles. The highest BCUT2D eigenvalue weighted by molar-refractivity contribution is 5.95. The van der Waals surface area contributed by atoms with E-state index in [-0.39, 0.29) is 19.0 Å². The van der Waals surface area contributed by atoms with Crippen LogP contribution in [-0.4, -0.2) is 29.2 Å². The molecule has 2 aromatic heterocycles.